The number of hydrogen-bond donors (Lipinski definition) is 1. The molecule has 1 aromatic carbocycles. The number of carbonyl (C=O) groups excluding carboxylic acids is 1. The topological polar surface area (TPSA) is 121 Å². The van der Waals surface area contributed by atoms with E-state index in [9.17, 15) is 22.8 Å². The normalized spacial score (nSPS) is 11.5. The third-order valence-corrected chi connectivity index (χ3v) is 5.65. The molecule has 0 saturated heterocycles. The van der Waals surface area contributed by atoms with Crippen LogP contribution in [0.15, 0.2) is 66.2 Å². The van der Waals surface area contributed by atoms with Crippen LogP contribution in [0.1, 0.15) is 15.9 Å². The number of rotatable bonds is 5. The van der Waals surface area contributed by atoms with Gasteiger partial charge < -0.3 is 10.5 Å². The average molecular weight is 441 g/mol. The molecule has 0 radical (unpaired) electrons. The monoisotopic (exact) mass is 441 g/mol. The van der Waals surface area contributed by atoms with Crippen LogP contribution >= 0.6 is 0 Å². The van der Waals surface area contributed by atoms with Crippen molar-refractivity contribution in [2.24, 2.45) is 0 Å². The van der Waals surface area contributed by atoms with Crippen molar-refractivity contribution in [2.75, 3.05) is 6.26 Å². The van der Waals surface area contributed by atoms with Crippen LogP contribution < -0.4 is 10.0 Å². The van der Waals surface area contributed by atoms with Gasteiger partial charge >= 0.3 is 5.03 Å². The number of halogens is 1. The summed E-state index contributed by atoms with van der Waals surface area (Å²) < 4.78 is 38.4. The highest BCUT2D eigenvalue weighted by Crippen LogP contribution is 2.21. The summed E-state index contributed by atoms with van der Waals surface area (Å²) in [5.74, 6) is -0.822. The zero-order chi connectivity index (χ0) is 22.2. The molecule has 1 N–H and O–H groups in total. The minimum Gasteiger partial charge on any atom is -0.618 e. The zero-order valence-corrected chi connectivity index (χ0v) is 17.0. The molecule has 0 saturated carbocycles. The van der Waals surface area contributed by atoms with Gasteiger partial charge in [0.1, 0.15) is 5.82 Å². The van der Waals surface area contributed by atoms with Gasteiger partial charge in [-0.1, -0.05) is 0 Å². The van der Waals surface area contributed by atoms with Crippen molar-refractivity contribution in [3.63, 3.8) is 0 Å². The minimum atomic E-state index is -3.71. The number of nitrogens with one attached hydrogen (secondary N) is 1. The fourth-order valence-corrected chi connectivity index (χ4v) is 3.83. The molecule has 3 aromatic heterocycles. The van der Waals surface area contributed by atoms with Gasteiger partial charge in [0.2, 0.25) is 9.84 Å². The van der Waals surface area contributed by atoms with E-state index in [4.69, 9.17) is 0 Å². The zero-order valence-electron chi connectivity index (χ0n) is 16.2. The van der Waals surface area contributed by atoms with Crippen molar-refractivity contribution < 1.29 is 22.3 Å². The number of aromatic nitrogens is 4. The first kappa shape index (κ1) is 20.4. The number of sulfone groups is 1. The Kier molecular flexibility index (Phi) is 5.11. The SMILES string of the molecule is CS(=O)(=O)c1cc(CNC(=O)c2cncc3c2cnn3-c2ccc(F)cc2)cc[n+]1[O-]. The first-order valence-electron chi connectivity index (χ1n) is 9.02. The van der Waals surface area contributed by atoms with Crippen molar-refractivity contribution in [1.82, 2.24) is 20.1 Å². The van der Waals surface area contributed by atoms with E-state index >= 15 is 0 Å². The summed E-state index contributed by atoms with van der Waals surface area (Å²) in [6.07, 6.45) is 6.47. The Balaban J connectivity index is 1.60. The van der Waals surface area contributed by atoms with E-state index in [1.165, 1.54) is 36.7 Å². The number of carbonyl (C=O) groups is 1. The Morgan fingerprint density at radius 2 is 1.94 bits per heavy atom. The summed E-state index contributed by atoms with van der Waals surface area (Å²) in [6.45, 7) is 0.00464. The number of fused-ring (bicyclic) bond motifs is 1. The van der Waals surface area contributed by atoms with Crippen LogP contribution in [0, 0.1) is 11.0 Å². The molecule has 9 nitrogen and oxygen atoms in total. The Labute approximate surface area is 176 Å². The standard InChI is InChI=1S/C20H16FN5O4S/c1-31(29,30)19-8-13(6-7-25(19)28)9-23-20(27)17-10-22-12-18-16(17)11-24-26(18)15-4-2-14(21)3-5-15/h2-8,10-12H,9H2,1H3,(H,23,27). The van der Waals surface area contributed by atoms with Crippen LogP contribution in [0.3, 0.4) is 0 Å². The molecular weight excluding hydrogens is 425 g/mol. The fraction of sp³-hybridized carbons (Fsp3) is 0.100. The predicted octanol–water partition coefficient (Wildman–Crippen LogP) is 1.53. The number of pyridine rings is 2. The van der Waals surface area contributed by atoms with Gasteiger partial charge in [-0.25, -0.2) is 17.5 Å². The summed E-state index contributed by atoms with van der Waals surface area (Å²) in [7, 11) is -3.71. The number of amides is 1. The smallest absolute Gasteiger partial charge is 0.308 e. The summed E-state index contributed by atoms with van der Waals surface area (Å²) in [5, 5.41) is 18.8. The quantitative estimate of drug-likeness (QED) is 0.370. The highest BCUT2D eigenvalue weighted by molar-refractivity contribution is 7.90. The molecule has 3 heterocycles. The molecule has 1 amide bonds. The third-order valence-electron chi connectivity index (χ3n) is 4.60. The van der Waals surface area contributed by atoms with Crippen LogP contribution in [0.4, 0.5) is 4.39 Å². The van der Waals surface area contributed by atoms with Gasteiger partial charge in [-0.2, -0.15) is 9.83 Å². The first-order valence-corrected chi connectivity index (χ1v) is 10.9. The molecule has 0 fully saturated rings. The highest BCUT2D eigenvalue weighted by Gasteiger charge is 2.19. The summed E-state index contributed by atoms with van der Waals surface area (Å²) in [5.41, 5.74) is 1.89. The van der Waals surface area contributed by atoms with Crippen LogP contribution in [0.2, 0.25) is 0 Å². The molecule has 4 aromatic rings. The van der Waals surface area contributed by atoms with E-state index < -0.39 is 20.8 Å². The van der Waals surface area contributed by atoms with Gasteiger partial charge in [-0.15, -0.1) is 0 Å². The van der Waals surface area contributed by atoms with Crippen molar-refractivity contribution in [2.45, 2.75) is 11.6 Å². The van der Waals surface area contributed by atoms with E-state index in [1.807, 2.05) is 0 Å². The maximum absolute atomic E-state index is 13.2. The predicted molar refractivity (Wildman–Crippen MR) is 109 cm³/mol. The lowest BCUT2D eigenvalue weighted by molar-refractivity contribution is -0.646. The summed E-state index contributed by atoms with van der Waals surface area (Å²) in [6, 6.07) is 8.38. The van der Waals surface area contributed by atoms with Gasteiger partial charge in [0.25, 0.3) is 5.91 Å². The van der Waals surface area contributed by atoms with E-state index in [0.29, 0.717) is 22.2 Å². The van der Waals surface area contributed by atoms with Crippen LogP contribution in [0.25, 0.3) is 16.6 Å². The lowest BCUT2D eigenvalue weighted by Crippen LogP contribution is -2.34. The molecule has 11 heteroatoms. The summed E-state index contributed by atoms with van der Waals surface area (Å²) >= 11 is 0. The van der Waals surface area contributed by atoms with Crippen LogP contribution in [0.5, 0.6) is 0 Å². The number of benzene rings is 1. The molecule has 0 aliphatic heterocycles. The lowest BCUT2D eigenvalue weighted by atomic mass is 10.1. The Hall–Kier alpha value is -3.86. The molecule has 158 valence electrons. The van der Waals surface area contributed by atoms with E-state index in [1.54, 1.807) is 23.0 Å². The van der Waals surface area contributed by atoms with Crippen LogP contribution in [-0.4, -0.2) is 35.3 Å². The maximum atomic E-state index is 13.2. The maximum Gasteiger partial charge on any atom is 0.308 e. The molecule has 4 rings (SSSR count). The molecule has 0 aliphatic carbocycles. The second-order valence-electron chi connectivity index (χ2n) is 6.81. The van der Waals surface area contributed by atoms with E-state index in [0.717, 1.165) is 12.5 Å². The number of hydrogen-bond acceptors (Lipinski definition) is 6. The molecule has 0 bridgehead atoms. The second-order valence-corrected chi connectivity index (χ2v) is 8.77. The van der Waals surface area contributed by atoms with Gasteiger partial charge in [0, 0.05) is 36.5 Å². The van der Waals surface area contributed by atoms with Gasteiger partial charge in [-0.3, -0.25) is 9.78 Å². The van der Waals surface area contributed by atoms with Gasteiger partial charge in [-0.05, 0) is 29.8 Å². The van der Waals surface area contributed by atoms with Crippen LogP contribution in [-0.2, 0) is 16.4 Å². The van der Waals surface area contributed by atoms with Gasteiger partial charge in [0.15, 0.2) is 6.20 Å². The van der Waals surface area contributed by atoms with Crippen molar-refractivity contribution in [3.8, 4) is 5.69 Å². The molecule has 0 spiro atoms. The average Bonchev–Trinajstić information content (AvgIpc) is 3.17. The van der Waals surface area contributed by atoms with Crippen molar-refractivity contribution in [3.05, 3.63) is 83.3 Å². The first-order chi connectivity index (χ1) is 14.7. The Bertz CT molecular complexity index is 1400. The Morgan fingerprint density at radius 1 is 1.19 bits per heavy atom. The second kappa shape index (κ2) is 7.76. The highest BCUT2D eigenvalue weighted by atomic mass is 32.2. The van der Waals surface area contributed by atoms with Gasteiger partial charge in [0.05, 0.1) is 29.2 Å². The van der Waals surface area contributed by atoms with Crippen molar-refractivity contribution in [1.29, 1.82) is 0 Å². The van der Waals surface area contributed by atoms with E-state index in [2.05, 4.69) is 15.4 Å². The van der Waals surface area contributed by atoms with E-state index in [-0.39, 0.29) is 22.7 Å². The fourth-order valence-electron chi connectivity index (χ4n) is 3.08. The lowest BCUT2D eigenvalue weighted by Gasteiger charge is -2.08. The molecule has 0 atom stereocenters. The Morgan fingerprint density at radius 3 is 2.65 bits per heavy atom. The summed E-state index contributed by atoms with van der Waals surface area (Å²) in [4.78, 5) is 16.9. The molecule has 0 unspecified atom stereocenters. The third kappa shape index (κ3) is 4.08. The molecular formula is C20H16FN5O4S. The number of nitrogens with zero attached hydrogens (tertiary/aromatic N) is 4. The molecule has 31 heavy (non-hydrogen) atoms. The largest absolute Gasteiger partial charge is 0.618 e. The van der Waals surface area contributed by atoms with Crippen molar-refractivity contribution >= 4 is 26.6 Å². The molecule has 0 aliphatic rings. The minimum absolute atomic E-state index is 0.00464.